The van der Waals surface area contributed by atoms with E-state index in [0.717, 1.165) is 0 Å². The second kappa shape index (κ2) is 7.83. The predicted molar refractivity (Wildman–Crippen MR) is 89.7 cm³/mol. The van der Waals surface area contributed by atoms with Crippen molar-refractivity contribution in [1.29, 1.82) is 0 Å². The second-order valence-corrected chi connectivity index (χ2v) is 6.93. The number of rotatable bonds is 6. The summed E-state index contributed by atoms with van der Waals surface area (Å²) in [4.78, 5) is 23.1. The van der Waals surface area contributed by atoms with E-state index >= 15 is 0 Å². The molecule has 0 aliphatic carbocycles. The van der Waals surface area contributed by atoms with E-state index < -0.39 is 33.7 Å². The molecule has 2 aromatic carbocycles. The van der Waals surface area contributed by atoms with Crippen LogP contribution in [0.15, 0.2) is 48.5 Å². The van der Waals surface area contributed by atoms with E-state index in [2.05, 4.69) is 5.32 Å². The summed E-state index contributed by atoms with van der Waals surface area (Å²) in [5.41, 5.74) is 1.10. The van der Waals surface area contributed by atoms with Crippen molar-refractivity contribution < 1.29 is 23.3 Å². The Hall–Kier alpha value is -2.54. The largest absolute Gasteiger partial charge is 0.478 e. The molecule has 0 bridgehead atoms. The zero-order chi connectivity index (χ0) is 17.7. The van der Waals surface area contributed by atoms with Crippen LogP contribution < -0.4 is 5.32 Å². The molecule has 0 saturated carbocycles. The molecule has 2 atom stereocenters. The highest BCUT2D eigenvalue weighted by molar-refractivity contribution is 7.85. The van der Waals surface area contributed by atoms with Crippen LogP contribution in [0.25, 0.3) is 0 Å². The normalized spacial score (nSPS) is 13.1. The number of amides is 1. The lowest BCUT2D eigenvalue weighted by atomic mass is 10.1. The molecule has 0 heterocycles. The van der Waals surface area contributed by atoms with Gasteiger partial charge in [0.2, 0.25) is 5.91 Å². The molecule has 0 aromatic heterocycles. The van der Waals surface area contributed by atoms with Crippen molar-refractivity contribution in [2.24, 2.45) is 0 Å². The zero-order valence-corrected chi connectivity index (χ0v) is 13.7. The maximum atomic E-state index is 12.8. The highest BCUT2D eigenvalue weighted by atomic mass is 32.2. The van der Waals surface area contributed by atoms with Crippen molar-refractivity contribution in [2.45, 2.75) is 17.9 Å². The number of benzene rings is 2. The number of carbonyl (C=O) groups excluding carboxylic acids is 1. The maximum absolute atomic E-state index is 12.8. The molecule has 0 fully saturated rings. The van der Waals surface area contributed by atoms with Gasteiger partial charge in [-0.05, 0) is 48.9 Å². The summed E-state index contributed by atoms with van der Waals surface area (Å²) in [5.74, 6) is -1.86. The maximum Gasteiger partial charge on any atom is 0.335 e. The number of nitrogens with one attached hydrogen (secondary N) is 1. The summed E-state index contributed by atoms with van der Waals surface area (Å²) in [6.45, 7) is 1.52. The van der Waals surface area contributed by atoms with E-state index in [1.54, 1.807) is 12.1 Å². The van der Waals surface area contributed by atoms with Crippen LogP contribution >= 0.6 is 0 Å². The number of aromatic carboxylic acids is 1. The van der Waals surface area contributed by atoms with E-state index in [-0.39, 0.29) is 11.3 Å². The van der Waals surface area contributed by atoms with Crippen LogP contribution in [0, 0.1) is 5.82 Å². The summed E-state index contributed by atoms with van der Waals surface area (Å²) in [6.07, 6.45) is 0. The summed E-state index contributed by atoms with van der Waals surface area (Å²) < 4.78 is 25.2. The lowest BCUT2D eigenvalue weighted by molar-refractivity contribution is -0.115. The van der Waals surface area contributed by atoms with Crippen molar-refractivity contribution in [3.05, 3.63) is 65.5 Å². The smallest absolute Gasteiger partial charge is 0.335 e. The SMILES string of the molecule is CC(C(=O)Nc1ccc(F)cc1)S(=O)Cc1cccc(C(=O)O)c1. The third-order valence-corrected chi connectivity index (χ3v) is 4.98. The summed E-state index contributed by atoms with van der Waals surface area (Å²) in [5, 5.41) is 10.7. The van der Waals surface area contributed by atoms with Gasteiger partial charge in [0.1, 0.15) is 11.1 Å². The van der Waals surface area contributed by atoms with Gasteiger partial charge >= 0.3 is 5.97 Å². The summed E-state index contributed by atoms with van der Waals surface area (Å²) in [7, 11) is -1.52. The molecule has 2 aromatic rings. The van der Waals surface area contributed by atoms with Crippen molar-refractivity contribution in [2.75, 3.05) is 5.32 Å². The molecule has 24 heavy (non-hydrogen) atoms. The van der Waals surface area contributed by atoms with Crippen LogP contribution in [-0.2, 0) is 21.3 Å². The molecule has 126 valence electrons. The molecule has 1 amide bonds. The van der Waals surface area contributed by atoms with Gasteiger partial charge in [-0.25, -0.2) is 9.18 Å². The minimum atomic E-state index is -1.52. The van der Waals surface area contributed by atoms with Crippen molar-refractivity contribution in [1.82, 2.24) is 0 Å². The molecule has 2 unspecified atom stereocenters. The highest BCUT2D eigenvalue weighted by Gasteiger charge is 2.20. The average Bonchev–Trinajstić information content (AvgIpc) is 2.56. The standard InChI is InChI=1S/C17H16FNO4S/c1-11(16(20)19-15-7-5-14(18)6-8-15)24(23)10-12-3-2-4-13(9-12)17(21)22/h2-9,11H,10H2,1H3,(H,19,20)(H,21,22). The van der Waals surface area contributed by atoms with Crippen LogP contribution in [0.2, 0.25) is 0 Å². The fourth-order valence-corrected chi connectivity index (χ4v) is 3.04. The fraction of sp³-hybridized carbons (Fsp3) is 0.176. The molecule has 0 aliphatic rings. The fourth-order valence-electron chi connectivity index (χ4n) is 1.98. The van der Waals surface area contributed by atoms with Crippen LogP contribution in [0.3, 0.4) is 0 Å². The van der Waals surface area contributed by atoms with Gasteiger partial charge in [0.25, 0.3) is 0 Å². The van der Waals surface area contributed by atoms with Gasteiger partial charge in [0.15, 0.2) is 0 Å². The van der Waals surface area contributed by atoms with Crippen LogP contribution in [0.4, 0.5) is 10.1 Å². The molecular weight excluding hydrogens is 333 g/mol. The summed E-state index contributed by atoms with van der Waals surface area (Å²) in [6, 6.07) is 11.4. The Balaban J connectivity index is 2.00. The molecule has 0 aliphatic heterocycles. The second-order valence-electron chi connectivity index (χ2n) is 5.17. The van der Waals surface area contributed by atoms with Crippen molar-refractivity contribution >= 4 is 28.4 Å². The van der Waals surface area contributed by atoms with E-state index in [1.165, 1.54) is 43.3 Å². The minimum Gasteiger partial charge on any atom is -0.478 e. The van der Waals surface area contributed by atoms with Crippen LogP contribution in [0.1, 0.15) is 22.8 Å². The molecule has 0 saturated heterocycles. The Morgan fingerprint density at radius 3 is 2.50 bits per heavy atom. The Kier molecular flexibility index (Phi) is 5.81. The number of hydrogen-bond donors (Lipinski definition) is 2. The first kappa shape index (κ1) is 17.8. The van der Waals surface area contributed by atoms with Crippen molar-refractivity contribution in [3.63, 3.8) is 0 Å². The lowest BCUT2D eigenvalue weighted by Gasteiger charge is -2.12. The molecule has 2 N–H and O–H groups in total. The third kappa shape index (κ3) is 4.73. The molecule has 0 radical (unpaired) electrons. The first-order valence-electron chi connectivity index (χ1n) is 7.12. The van der Waals surface area contributed by atoms with E-state index in [4.69, 9.17) is 5.11 Å². The number of anilines is 1. The van der Waals surface area contributed by atoms with Gasteiger partial charge in [-0.3, -0.25) is 9.00 Å². The molecule has 0 spiro atoms. The van der Waals surface area contributed by atoms with E-state index in [9.17, 15) is 18.2 Å². The Morgan fingerprint density at radius 2 is 1.88 bits per heavy atom. The monoisotopic (exact) mass is 349 g/mol. The molecule has 2 rings (SSSR count). The lowest BCUT2D eigenvalue weighted by Crippen LogP contribution is -2.29. The van der Waals surface area contributed by atoms with Gasteiger partial charge in [-0.1, -0.05) is 12.1 Å². The number of halogens is 1. The van der Waals surface area contributed by atoms with Crippen LogP contribution in [0.5, 0.6) is 0 Å². The van der Waals surface area contributed by atoms with E-state index in [0.29, 0.717) is 11.3 Å². The highest BCUT2D eigenvalue weighted by Crippen LogP contribution is 2.13. The van der Waals surface area contributed by atoms with Gasteiger partial charge in [0.05, 0.1) is 5.56 Å². The first-order chi connectivity index (χ1) is 11.4. The minimum absolute atomic E-state index is 0.0686. The number of carboxylic acids is 1. The van der Waals surface area contributed by atoms with Gasteiger partial charge in [0, 0.05) is 22.2 Å². The molecule has 7 heteroatoms. The number of carbonyl (C=O) groups is 2. The topological polar surface area (TPSA) is 83.5 Å². The molecule has 5 nitrogen and oxygen atoms in total. The van der Waals surface area contributed by atoms with Crippen LogP contribution in [-0.4, -0.2) is 26.4 Å². The van der Waals surface area contributed by atoms with Gasteiger partial charge in [-0.2, -0.15) is 0 Å². The third-order valence-electron chi connectivity index (χ3n) is 3.36. The van der Waals surface area contributed by atoms with E-state index in [1.807, 2.05) is 0 Å². The van der Waals surface area contributed by atoms with Gasteiger partial charge < -0.3 is 10.4 Å². The Labute approximate surface area is 141 Å². The Morgan fingerprint density at radius 1 is 1.21 bits per heavy atom. The number of carboxylic acid groups (broad SMARTS) is 1. The average molecular weight is 349 g/mol. The number of hydrogen-bond acceptors (Lipinski definition) is 3. The first-order valence-corrected chi connectivity index (χ1v) is 8.51. The van der Waals surface area contributed by atoms with Crippen molar-refractivity contribution in [3.8, 4) is 0 Å². The molecular formula is C17H16FNO4S. The predicted octanol–water partition coefficient (Wildman–Crippen LogP) is 2.80. The summed E-state index contributed by atoms with van der Waals surface area (Å²) >= 11 is 0. The zero-order valence-electron chi connectivity index (χ0n) is 12.9. The quantitative estimate of drug-likeness (QED) is 0.840. The van der Waals surface area contributed by atoms with Gasteiger partial charge in [-0.15, -0.1) is 0 Å². The Bertz CT molecular complexity index is 776.